The molecular formula is C4H7NS. The molecule has 0 N–H and O–H groups in total. The summed E-state index contributed by atoms with van der Waals surface area (Å²) < 4.78 is 3.66. The summed E-state index contributed by atoms with van der Waals surface area (Å²) in [7, 11) is 0. The molecule has 2 atom stereocenters. The molecular weight excluding hydrogens is 94.1 g/mol. The number of hydrogen-bond acceptors (Lipinski definition) is 2. The van der Waals surface area contributed by atoms with E-state index in [1.807, 2.05) is 0 Å². The molecule has 1 aliphatic rings. The molecule has 0 bridgehead atoms. The average Bonchev–Trinajstić information content (AvgIpc) is 2.19. The van der Waals surface area contributed by atoms with Crippen LogP contribution < -0.4 is 0 Å². The van der Waals surface area contributed by atoms with Crippen LogP contribution in [0.3, 0.4) is 0 Å². The van der Waals surface area contributed by atoms with E-state index in [1.54, 1.807) is 0 Å². The summed E-state index contributed by atoms with van der Waals surface area (Å²) in [6.45, 7) is 2.17. The Balaban J connectivity index is 2.25. The summed E-state index contributed by atoms with van der Waals surface area (Å²) >= 11 is 4.44. The lowest BCUT2D eigenvalue weighted by molar-refractivity contribution is 0.906. The van der Waals surface area contributed by atoms with Gasteiger partial charge in [0.15, 0.2) is 0 Å². The topological polar surface area (TPSA) is 12.4 Å². The molecule has 2 unspecified atom stereocenters. The first-order valence-electron chi connectivity index (χ1n) is 2.17. The molecule has 1 aliphatic carbocycles. The minimum absolute atomic E-state index is 0.542. The molecule has 0 aromatic heterocycles. The van der Waals surface area contributed by atoms with Crippen molar-refractivity contribution < 1.29 is 0 Å². The summed E-state index contributed by atoms with van der Waals surface area (Å²) in [5, 5.41) is 0. The fraction of sp³-hybridized carbons (Fsp3) is 1.00. The van der Waals surface area contributed by atoms with Crippen LogP contribution in [-0.4, -0.2) is 6.04 Å². The Morgan fingerprint density at radius 3 is 2.33 bits per heavy atom. The SMILES string of the molecule is CC1CC1N=S. The van der Waals surface area contributed by atoms with Crippen molar-refractivity contribution in [2.24, 2.45) is 10.3 Å². The molecule has 34 valence electrons. The van der Waals surface area contributed by atoms with Crippen LogP contribution in [0.25, 0.3) is 0 Å². The van der Waals surface area contributed by atoms with Gasteiger partial charge in [0.2, 0.25) is 0 Å². The molecule has 0 radical (unpaired) electrons. The molecule has 0 heterocycles. The van der Waals surface area contributed by atoms with E-state index >= 15 is 0 Å². The van der Waals surface area contributed by atoms with Gasteiger partial charge in [-0.15, -0.1) is 0 Å². The summed E-state index contributed by atoms with van der Waals surface area (Å²) in [6.07, 6.45) is 1.23. The zero-order valence-electron chi connectivity index (χ0n) is 3.72. The Morgan fingerprint density at radius 2 is 2.33 bits per heavy atom. The minimum Gasteiger partial charge on any atom is -0.216 e. The van der Waals surface area contributed by atoms with E-state index < -0.39 is 0 Å². The Kier molecular flexibility index (Phi) is 0.880. The third-order valence-corrected chi connectivity index (χ3v) is 1.47. The van der Waals surface area contributed by atoms with Crippen LogP contribution in [0.15, 0.2) is 4.36 Å². The van der Waals surface area contributed by atoms with Crippen molar-refractivity contribution in [2.45, 2.75) is 19.4 Å². The van der Waals surface area contributed by atoms with Crippen LogP contribution in [-0.2, 0) is 12.4 Å². The van der Waals surface area contributed by atoms with Crippen molar-refractivity contribution in [3.05, 3.63) is 0 Å². The molecule has 1 rings (SSSR count). The highest BCUT2D eigenvalue weighted by Gasteiger charge is 2.31. The maximum atomic E-state index is 4.44. The zero-order chi connectivity index (χ0) is 4.57. The van der Waals surface area contributed by atoms with E-state index in [0.29, 0.717) is 6.04 Å². The van der Waals surface area contributed by atoms with E-state index in [9.17, 15) is 0 Å². The van der Waals surface area contributed by atoms with Gasteiger partial charge < -0.3 is 0 Å². The van der Waals surface area contributed by atoms with Crippen molar-refractivity contribution in [3.63, 3.8) is 0 Å². The first-order chi connectivity index (χ1) is 2.84. The molecule has 1 nitrogen and oxygen atoms in total. The second-order valence-corrected chi connectivity index (χ2v) is 2.10. The van der Waals surface area contributed by atoms with E-state index in [4.69, 9.17) is 0 Å². The highest BCUT2D eigenvalue weighted by Crippen LogP contribution is 2.31. The predicted molar refractivity (Wildman–Crippen MR) is 27.4 cm³/mol. The first-order valence-corrected chi connectivity index (χ1v) is 2.53. The standard InChI is InChI=1S/C4H7NS/c1-3-2-4(3)5-6/h3-4H,2H2,1H3. The van der Waals surface area contributed by atoms with E-state index in [1.165, 1.54) is 6.42 Å². The largest absolute Gasteiger partial charge is 0.216 e. The quantitative estimate of drug-likeness (QED) is 0.482. The number of nitrogens with zero attached hydrogens (tertiary/aromatic N) is 1. The van der Waals surface area contributed by atoms with Crippen molar-refractivity contribution in [1.82, 2.24) is 0 Å². The van der Waals surface area contributed by atoms with E-state index in [-0.39, 0.29) is 0 Å². The second-order valence-electron chi connectivity index (χ2n) is 1.89. The summed E-state index contributed by atoms with van der Waals surface area (Å²) in [6, 6.07) is 0.542. The lowest BCUT2D eigenvalue weighted by Crippen LogP contribution is -1.71. The van der Waals surface area contributed by atoms with Crippen LogP contribution in [0.5, 0.6) is 0 Å². The molecule has 0 amide bonds. The van der Waals surface area contributed by atoms with Gasteiger partial charge in [0.25, 0.3) is 0 Å². The normalized spacial score (nSPS) is 42.2. The van der Waals surface area contributed by atoms with Gasteiger partial charge in [0.1, 0.15) is 0 Å². The average molecular weight is 101 g/mol. The summed E-state index contributed by atoms with van der Waals surface area (Å²) in [5.74, 6) is 0.794. The Morgan fingerprint density at radius 1 is 1.83 bits per heavy atom. The maximum absolute atomic E-state index is 4.44. The maximum Gasteiger partial charge on any atom is 0.0660 e. The van der Waals surface area contributed by atoms with Gasteiger partial charge >= 0.3 is 0 Å². The molecule has 0 aromatic rings. The highest BCUT2D eigenvalue weighted by atomic mass is 32.1. The van der Waals surface area contributed by atoms with Gasteiger partial charge in [0, 0.05) is 12.4 Å². The second kappa shape index (κ2) is 1.26. The van der Waals surface area contributed by atoms with E-state index in [2.05, 4.69) is 23.7 Å². The monoisotopic (exact) mass is 101 g/mol. The fourth-order valence-corrected chi connectivity index (χ4v) is 0.743. The van der Waals surface area contributed by atoms with Crippen LogP contribution in [0, 0.1) is 5.92 Å². The number of hydrogen-bond donors (Lipinski definition) is 0. The van der Waals surface area contributed by atoms with Crippen molar-refractivity contribution in [3.8, 4) is 0 Å². The Labute approximate surface area is 42.9 Å². The van der Waals surface area contributed by atoms with Gasteiger partial charge in [0.05, 0.1) is 6.04 Å². The van der Waals surface area contributed by atoms with Crippen LogP contribution in [0.4, 0.5) is 0 Å². The molecule has 1 fully saturated rings. The summed E-state index contributed by atoms with van der Waals surface area (Å²) in [4.78, 5) is 0. The van der Waals surface area contributed by atoms with Crippen molar-refractivity contribution >= 4 is 12.4 Å². The molecule has 6 heavy (non-hydrogen) atoms. The first kappa shape index (κ1) is 4.19. The van der Waals surface area contributed by atoms with Crippen molar-refractivity contribution in [2.75, 3.05) is 0 Å². The van der Waals surface area contributed by atoms with Crippen molar-refractivity contribution in [1.29, 1.82) is 0 Å². The lowest BCUT2D eigenvalue weighted by atomic mass is 10.5. The molecule has 0 spiro atoms. The van der Waals surface area contributed by atoms with Crippen LogP contribution >= 0.6 is 0 Å². The smallest absolute Gasteiger partial charge is 0.0660 e. The highest BCUT2D eigenvalue weighted by molar-refractivity contribution is 7.47. The zero-order valence-corrected chi connectivity index (χ0v) is 4.53. The molecule has 0 saturated heterocycles. The molecule has 1 saturated carbocycles. The molecule has 2 heteroatoms. The Bertz CT molecular complexity index is 71.9. The van der Waals surface area contributed by atoms with Gasteiger partial charge in [-0.25, -0.2) is 4.36 Å². The van der Waals surface area contributed by atoms with Gasteiger partial charge in [-0.05, 0) is 12.3 Å². The minimum atomic E-state index is 0.542. The summed E-state index contributed by atoms with van der Waals surface area (Å²) in [5.41, 5.74) is 0. The molecule has 0 aliphatic heterocycles. The third kappa shape index (κ3) is 0.570. The van der Waals surface area contributed by atoms with Crippen LogP contribution in [0.1, 0.15) is 13.3 Å². The third-order valence-electron chi connectivity index (χ3n) is 1.20. The van der Waals surface area contributed by atoms with E-state index in [0.717, 1.165) is 5.92 Å². The van der Waals surface area contributed by atoms with Gasteiger partial charge in [-0.2, -0.15) is 0 Å². The van der Waals surface area contributed by atoms with Crippen LogP contribution in [0.2, 0.25) is 0 Å². The molecule has 0 aromatic carbocycles. The number of rotatable bonds is 1. The Hall–Kier alpha value is 0.0200. The van der Waals surface area contributed by atoms with Gasteiger partial charge in [-0.1, -0.05) is 6.92 Å². The fourth-order valence-electron chi connectivity index (χ4n) is 0.449. The predicted octanol–water partition coefficient (Wildman–Crippen LogP) is 1.13. The van der Waals surface area contributed by atoms with Gasteiger partial charge in [-0.3, -0.25) is 0 Å². The lowest BCUT2D eigenvalue weighted by Gasteiger charge is -1.70.